The zero-order valence-corrected chi connectivity index (χ0v) is 11.1. The average Bonchev–Trinajstić information content (AvgIpc) is 2.72. The summed E-state index contributed by atoms with van der Waals surface area (Å²) in [5.74, 6) is 1.51. The first-order valence-corrected chi connectivity index (χ1v) is 6.35. The van der Waals surface area contributed by atoms with Gasteiger partial charge in [0.1, 0.15) is 0 Å². The van der Waals surface area contributed by atoms with Crippen LogP contribution in [0.25, 0.3) is 0 Å². The van der Waals surface area contributed by atoms with Gasteiger partial charge in [0.25, 0.3) is 0 Å². The van der Waals surface area contributed by atoms with Gasteiger partial charge in [0.05, 0.1) is 12.7 Å². The predicted molar refractivity (Wildman–Crippen MR) is 72.4 cm³/mol. The highest BCUT2D eigenvalue weighted by atomic mass is 32.1. The third kappa shape index (κ3) is 3.20. The highest BCUT2D eigenvalue weighted by Crippen LogP contribution is 2.15. The van der Waals surface area contributed by atoms with Gasteiger partial charge in [0.2, 0.25) is 0 Å². The number of aliphatic imine (C=N–C) groups is 2. The van der Waals surface area contributed by atoms with Crippen LogP contribution in [0.4, 0.5) is 0 Å². The average molecular weight is 251 g/mol. The molecule has 2 rings (SSSR count). The highest BCUT2D eigenvalue weighted by Gasteiger charge is 2.15. The van der Waals surface area contributed by atoms with Gasteiger partial charge >= 0.3 is 0 Å². The molecule has 3 N–H and O–H groups in total. The van der Waals surface area contributed by atoms with Gasteiger partial charge in [-0.25, -0.2) is 4.99 Å². The van der Waals surface area contributed by atoms with Crippen molar-refractivity contribution in [3.8, 4) is 0 Å². The molecular formula is C11H17N5S. The molecule has 0 aliphatic carbocycles. The van der Waals surface area contributed by atoms with Gasteiger partial charge < -0.3 is 10.6 Å². The first-order chi connectivity index (χ1) is 8.17. The van der Waals surface area contributed by atoms with Crippen LogP contribution in [0.3, 0.4) is 0 Å². The number of rotatable bonds is 2. The minimum Gasteiger partial charge on any atom is -0.336 e. The molecular weight excluding hydrogens is 234 g/mol. The van der Waals surface area contributed by atoms with Crippen molar-refractivity contribution in [1.29, 1.82) is 0 Å². The standard InChI is InChI=1S/C11H17N5S/c1-7-4-5-9(17-7)6-13-11-15-8(2)14-10(12-3)16-11/h4-5,8H,6H2,1-3H3,(H3,12,13,14,15,16). The third-order valence-corrected chi connectivity index (χ3v) is 3.34. The molecule has 1 atom stereocenters. The maximum Gasteiger partial charge on any atom is 0.200 e. The summed E-state index contributed by atoms with van der Waals surface area (Å²) in [6.07, 6.45) is 0.138. The first-order valence-electron chi connectivity index (χ1n) is 5.54. The van der Waals surface area contributed by atoms with E-state index in [2.05, 4.69) is 45.0 Å². The molecule has 0 aromatic carbocycles. The number of nitrogens with zero attached hydrogens (tertiary/aromatic N) is 2. The largest absolute Gasteiger partial charge is 0.336 e. The molecule has 1 saturated heterocycles. The van der Waals surface area contributed by atoms with Crippen molar-refractivity contribution in [2.24, 2.45) is 9.98 Å². The minimum atomic E-state index is 0.138. The number of aryl methyl sites for hydroxylation is 1. The van der Waals surface area contributed by atoms with Crippen LogP contribution in [0.5, 0.6) is 0 Å². The maximum atomic E-state index is 4.50. The molecule has 1 aromatic heterocycles. The van der Waals surface area contributed by atoms with Gasteiger partial charge in [-0.3, -0.25) is 10.3 Å². The smallest absolute Gasteiger partial charge is 0.200 e. The summed E-state index contributed by atoms with van der Waals surface area (Å²) in [5, 5.41) is 9.45. The SMILES string of the molecule is CN=C1NC(=NCc2ccc(C)s2)NC(C)N1. The molecule has 0 amide bonds. The zero-order chi connectivity index (χ0) is 12.3. The Labute approximate surface area is 105 Å². The van der Waals surface area contributed by atoms with E-state index in [1.165, 1.54) is 9.75 Å². The zero-order valence-electron chi connectivity index (χ0n) is 10.2. The van der Waals surface area contributed by atoms with Gasteiger partial charge in [-0.05, 0) is 26.0 Å². The summed E-state index contributed by atoms with van der Waals surface area (Å²) in [5.41, 5.74) is 0. The van der Waals surface area contributed by atoms with Crippen molar-refractivity contribution in [1.82, 2.24) is 16.0 Å². The van der Waals surface area contributed by atoms with Gasteiger partial charge in [-0.2, -0.15) is 0 Å². The van der Waals surface area contributed by atoms with Gasteiger partial charge in [-0.1, -0.05) is 0 Å². The second kappa shape index (κ2) is 5.18. The summed E-state index contributed by atoms with van der Waals surface area (Å²) >= 11 is 1.78. The van der Waals surface area contributed by atoms with Crippen LogP contribution >= 0.6 is 11.3 Å². The molecule has 92 valence electrons. The van der Waals surface area contributed by atoms with Crippen molar-refractivity contribution >= 4 is 23.3 Å². The summed E-state index contributed by atoms with van der Waals surface area (Å²) in [6.45, 7) is 4.82. The monoisotopic (exact) mass is 251 g/mol. The summed E-state index contributed by atoms with van der Waals surface area (Å²) in [7, 11) is 1.74. The van der Waals surface area contributed by atoms with Gasteiger partial charge in [0, 0.05) is 16.8 Å². The fraction of sp³-hybridized carbons (Fsp3) is 0.455. The summed E-state index contributed by atoms with van der Waals surface area (Å²) in [4.78, 5) is 11.2. The first kappa shape index (κ1) is 11.9. The van der Waals surface area contributed by atoms with Crippen molar-refractivity contribution < 1.29 is 0 Å². The van der Waals surface area contributed by atoms with Crippen LogP contribution < -0.4 is 16.0 Å². The fourth-order valence-corrected chi connectivity index (χ4v) is 2.38. The Morgan fingerprint density at radius 1 is 1.29 bits per heavy atom. The predicted octanol–water partition coefficient (Wildman–Crippen LogP) is 1.03. The molecule has 1 fully saturated rings. The molecule has 5 nitrogen and oxygen atoms in total. The third-order valence-electron chi connectivity index (χ3n) is 2.36. The Balaban J connectivity index is 2.01. The van der Waals surface area contributed by atoms with Crippen LogP contribution in [-0.2, 0) is 6.54 Å². The summed E-state index contributed by atoms with van der Waals surface area (Å²) < 4.78 is 0. The highest BCUT2D eigenvalue weighted by molar-refractivity contribution is 7.11. The lowest BCUT2D eigenvalue weighted by atomic mass is 10.4. The van der Waals surface area contributed by atoms with E-state index in [0.717, 1.165) is 11.9 Å². The molecule has 6 heteroatoms. The lowest BCUT2D eigenvalue weighted by Crippen LogP contribution is -2.61. The van der Waals surface area contributed by atoms with E-state index < -0.39 is 0 Å². The van der Waals surface area contributed by atoms with Crippen LogP contribution in [0.2, 0.25) is 0 Å². The van der Waals surface area contributed by atoms with E-state index in [1.54, 1.807) is 18.4 Å². The molecule has 0 bridgehead atoms. The number of thiophene rings is 1. The van der Waals surface area contributed by atoms with Crippen molar-refractivity contribution in [2.75, 3.05) is 7.05 Å². The minimum absolute atomic E-state index is 0.138. The maximum absolute atomic E-state index is 4.50. The van der Waals surface area contributed by atoms with E-state index >= 15 is 0 Å². The fourth-order valence-electron chi connectivity index (χ4n) is 1.56. The Bertz CT molecular complexity index is 448. The second-order valence-corrected chi connectivity index (χ2v) is 5.26. The Hall–Kier alpha value is -1.56. The number of hydrogen-bond donors (Lipinski definition) is 3. The van der Waals surface area contributed by atoms with Gasteiger partial charge in [0.15, 0.2) is 11.9 Å². The molecule has 0 spiro atoms. The van der Waals surface area contributed by atoms with E-state index in [9.17, 15) is 0 Å². The van der Waals surface area contributed by atoms with Crippen molar-refractivity contribution in [3.05, 3.63) is 21.9 Å². The van der Waals surface area contributed by atoms with Crippen molar-refractivity contribution in [3.63, 3.8) is 0 Å². The molecule has 0 saturated carbocycles. The van der Waals surface area contributed by atoms with E-state index in [1.807, 2.05) is 6.92 Å². The summed E-state index contributed by atoms with van der Waals surface area (Å²) in [6, 6.07) is 4.23. The molecule has 1 aromatic rings. The van der Waals surface area contributed by atoms with E-state index in [0.29, 0.717) is 6.54 Å². The van der Waals surface area contributed by atoms with Crippen molar-refractivity contribution in [2.45, 2.75) is 26.6 Å². The second-order valence-electron chi connectivity index (χ2n) is 3.88. The lowest BCUT2D eigenvalue weighted by molar-refractivity contribution is 0.585. The van der Waals surface area contributed by atoms with Crippen LogP contribution in [0, 0.1) is 6.92 Å². The quantitative estimate of drug-likeness (QED) is 0.735. The Kier molecular flexibility index (Phi) is 3.63. The molecule has 0 radical (unpaired) electrons. The molecule has 17 heavy (non-hydrogen) atoms. The Morgan fingerprint density at radius 3 is 2.71 bits per heavy atom. The molecule has 1 unspecified atom stereocenters. The lowest BCUT2D eigenvalue weighted by Gasteiger charge is -2.27. The molecule has 1 aliphatic rings. The number of nitrogens with one attached hydrogen (secondary N) is 3. The molecule has 2 heterocycles. The Morgan fingerprint density at radius 2 is 2.06 bits per heavy atom. The molecule has 1 aliphatic heterocycles. The van der Waals surface area contributed by atoms with E-state index in [4.69, 9.17) is 0 Å². The van der Waals surface area contributed by atoms with Crippen LogP contribution in [0.1, 0.15) is 16.7 Å². The van der Waals surface area contributed by atoms with E-state index in [-0.39, 0.29) is 6.17 Å². The normalized spacial score (nSPS) is 24.3. The van der Waals surface area contributed by atoms with Gasteiger partial charge in [-0.15, -0.1) is 11.3 Å². The van der Waals surface area contributed by atoms with Crippen LogP contribution in [-0.4, -0.2) is 25.1 Å². The van der Waals surface area contributed by atoms with Crippen LogP contribution in [0.15, 0.2) is 22.1 Å². The number of hydrogen-bond acceptors (Lipinski definition) is 3. The number of guanidine groups is 2. The topological polar surface area (TPSA) is 60.8 Å².